The van der Waals surface area contributed by atoms with Gasteiger partial charge in [0, 0.05) is 25.5 Å². The monoisotopic (exact) mass is 262 g/mol. The number of carbonyl (C=O) groups excluding carboxylic acids is 2. The number of amides is 1. The Labute approximate surface area is 112 Å². The molecule has 0 aliphatic carbocycles. The molecule has 5 heteroatoms. The maximum absolute atomic E-state index is 11.9. The van der Waals surface area contributed by atoms with E-state index in [-0.39, 0.29) is 12.5 Å². The summed E-state index contributed by atoms with van der Waals surface area (Å²) in [5.41, 5.74) is 0.363. The summed E-state index contributed by atoms with van der Waals surface area (Å²) >= 11 is 0. The lowest BCUT2D eigenvalue weighted by Gasteiger charge is -2.30. The second kappa shape index (κ2) is 6.31. The first-order chi connectivity index (χ1) is 9.16. The fourth-order valence-corrected chi connectivity index (χ4v) is 2.04. The van der Waals surface area contributed by atoms with Gasteiger partial charge in [-0.2, -0.15) is 0 Å². The molecule has 1 aromatic heterocycles. The number of likely N-dealkylation sites (tertiary alicyclic amines) is 1. The molecule has 1 aromatic rings. The number of nitrogens with zero attached hydrogens (tertiary/aromatic N) is 2. The normalized spacial score (nSPS) is 16.2. The molecular formula is C14H18N2O3. The van der Waals surface area contributed by atoms with Crippen LogP contribution in [0.3, 0.4) is 0 Å². The van der Waals surface area contributed by atoms with Crippen LogP contribution in [-0.4, -0.2) is 41.5 Å². The molecule has 1 amide bonds. The molecule has 1 saturated heterocycles. The summed E-state index contributed by atoms with van der Waals surface area (Å²) in [6, 6.07) is 3.27. The molecular weight excluding hydrogens is 244 g/mol. The highest BCUT2D eigenvalue weighted by Gasteiger charge is 2.21. The highest BCUT2D eigenvalue weighted by atomic mass is 16.5. The largest absolute Gasteiger partial charge is 0.452 e. The molecule has 19 heavy (non-hydrogen) atoms. The summed E-state index contributed by atoms with van der Waals surface area (Å²) in [6.07, 6.45) is 5.04. The van der Waals surface area contributed by atoms with Crippen LogP contribution in [0.15, 0.2) is 24.5 Å². The number of hydrogen-bond donors (Lipinski definition) is 0. The Bertz CT molecular complexity index is 439. The molecule has 2 heterocycles. The van der Waals surface area contributed by atoms with Crippen LogP contribution in [0.25, 0.3) is 0 Å². The molecule has 102 valence electrons. The predicted octanol–water partition coefficient (Wildman–Crippen LogP) is 1.50. The van der Waals surface area contributed by atoms with E-state index < -0.39 is 5.97 Å². The number of aromatic nitrogens is 1. The van der Waals surface area contributed by atoms with Gasteiger partial charge in [0.2, 0.25) is 0 Å². The van der Waals surface area contributed by atoms with Gasteiger partial charge >= 0.3 is 5.97 Å². The Kier molecular flexibility index (Phi) is 4.49. The van der Waals surface area contributed by atoms with E-state index in [1.54, 1.807) is 23.2 Å². The van der Waals surface area contributed by atoms with E-state index >= 15 is 0 Å². The van der Waals surface area contributed by atoms with Crippen molar-refractivity contribution in [3.05, 3.63) is 30.1 Å². The zero-order valence-electron chi connectivity index (χ0n) is 11.0. The van der Waals surface area contributed by atoms with Gasteiger partial charge in [-0.1, -0.05) is 6.92 Å². The van der Waals surface area contributed by atoms with Crippen LogP contribution < -0.4 is 0 Å². The first-order valence-corrected chi connectivity index (χ1v) is 6.51. The Balaban J connectivity index is 1.79. The minimum absolute atomic E-state index is 0.121. The Morgan fingerprint density at radius 3 is 2.79 bits per heavy atom. The van der Waals surface area contributed by atoms with Crippen molar-refractivity contribution in [3.63, 3.8) is 0 Å². The van der Waals surface area contributed by atoms with Gasteiger partial charge < -0.3 is 9.64 Å². The van der Waals surface area contributed by atoms with Gasteiger partial charge in [0.15, 0.2) is 6.61 Å². The Hall–Kier alpha value is -1.91. The SMILES string of the molecule is CC1CCN(C(=O)COC(=O)c2cccnc2)CC1. The van der Waals surface area contributed by atoms with Gasteiger partial charge in [0.25, 0.3) is 5.91 Å². The van der Waals surface area contributed by atoms with Crippen LogP contribution in [0.4, 0.5) is 0 Å². The second-order valence-corrected chi connectivity index (χ2v) is 4.88. The number of ether oxygens (including phenoxy) is 1. The molecule has 1 aliphatic rings. The fourth-order valence-electron chi connectivity index (χ4n) is 2.04. The summed E-state index contributed by atoms with van der Waals surface area (Å²) in [5.74, 6) is 0.0398. The van der Waals surface area contributed by atoms with E-state index in [0.717, 1.165) is 25.9 Å². The average Bonchev–Trinajstić information content (AvgIpc) is 2.46. The first kappa shape index (κ1) is 13.5. The lowest BCUT2D eigenvalue weighted by atomic mass is 9.99. The second-order valence-electron chi connectivity index (χ2n) is 4.88. The maximum Gasteiger partial charge on any atom is 0.340 e. The molecule has 0 unspecified atom stereocenters. The number of pyridine rings is 1. The molecule has 1 aliphatic heterocycles. The van der Waals surface area contributed by atoms with E-state index in [9.17, 15) is 9.59 Å². The van der Waals surface area contributed by atoms with Crippen molar-refractivity contribution in [3.8, 4) is 0 Å². The number of hydrogen-bond acceptors (Lipinski definition) is 4. The first-order valence-electron chi connectivity index (χ1n) is 6.51. The van der Waals surface area contributed by atoms with E-state index in [4.69, 9.17) is 4.74 Å². The standard InChI is InChI=1S/C14H18N2O3/c1-11-4-7-16(8-5-11)13(17)10-19-14(18)12-3-2-6-15-9-12/h2-3,6,9,11H,4-5,7-8,10H2,1H3. The lowest BCUT2D eigenvalue weighted by Crippen LogP contribution is -2.40. The molecule has 0 N–H and O–H groups in total. The maximum atomic E-state index is 11.9. The Morgan fingerprint density at radius 1 is 1.42 bits per heavy atom. The van der Waals surface area contributed by atoms with Gasteiger partial charge in [0.05, 0.1) is 5.56 Å². The zero-order valence-corrected chi connectivity index (χ0v) is 11.0. The quantitative estimate of drug-likeness (QED) is 0.774. The van der Waals surface area contributed by atoms with Crippen molar-refractivity contribution in [1.82, 2.24) is 9.88 Å². The molecule has 0 bridgehead atoms. The van der Waals surface area contributed by atoms with E-state index in [0.29, 0.717) is 11.5 Å². The third-order valence-corrected chi connectivity index (χ3v) is 3.36. The van der Waals surface area contributed by atoms with Crippen LogP contribution in [-0.2, 0) is 9.53 Å². The van der Waals surface area contributed by atoms with Gasteiger partial charge in [0.1, 0.15) is 0 Å². The lowest BCUT2D eigenvalue weighted by molar-refractivity contribution is -0.135. The van der Waals surface area contributed by atoms with E-state index in [1.807, 2.05) is 0 Å². The zero-order chi connectivity index (χ0) is 13.7. The van der Waals surface area contributed by atoms with Crippen molar-refractivity contribution in [2.45, 2.75) is 19.8 Å². The van der Waals surface area contributed by atoms with Gasteiger partial charge in [-0.3, -0.25) is 9.78 Å². The minimum atomic E-state index is -0.508. The average molecular weight is 262 g/mol. The number of rotatable bonds is 3. The van der Waals surface area contributed by atoms with Crippen molar-refractivity contribution < 1.29 is 14.3 Å². The van der Waals surface area contributed by atoms with Crippen LogP contribution in [0, 0.1) is 5.92 Å². The van der Waals surface area contributed by atoms with Crippen LogP contribution in [0.5, 0.6) is 0 Å². The Morgan fingerprint density at radius 2 is 2.16 bits per heavy atom. The fraction of sp³-hybridized carbons (Fsp3) is 0.500. The molecule has 0 aromatic carbocycles. The molecule has 0 spiro atoms. The molecule has 1 fully saturated rings. The third-order valence-electron chi connectivity index (χ3n) is 3.36. The van der Waals surface area contributed by atoms with Gasteiger partial charge in [-0.05, 0) is 30.9 Å². The highest BCUT2D eigenvalue weighted by molar-refractivity contribution is 5.90. The van der Waals surface area contributed by atoms with Gasteiger partial charge in [-0.25, -0.2) is 4.79 Å². The van der Waals surface area contributed by atoms with Crippen molar-refractivity contribution in [2.24, 2.45) is 5.92 Å². The summed E-state index contributed by atoms with van der Waals surface area (Å²) < 4.78 is 5.00. The number of piperidine rings is 1. The number of esters is 1. The number of carbonyl (C=O) groups is 2. The topological polar surface area (TPSA) is 59.5 Å². The third kappa shape index (κ3) is 3.77. The van der Waals surface area contributed by atoms with Crippen LogP contribution >= 0.6 is 0 Å². The highest BCUT2D eigenvalue weighted by Crippen LogP contribution is 2.15. The van der Waals surface area contributed by atoms with Gasteiger partial charge in [-0.15, -0.1) is 0 Å². The minimum Gasteiger partial charge on any atom is -0.452 e. The van der Waals surface area contributed by atoms with E-state index in [2.05, 4.69) is 11.9 Å². The van der Waals surface area contributed by atoms with E-state index in [1.165, 1.54) is 6.20 Å². The van der Waals surface area contributed by atoms with Crippen molar-refractivity contribution >= 4 is 11.9 Å². The molecule has 5 nitrogen and oxygen atoms in total. The summed E-state index contributed by atoms with van der Waals surface area (Å²) in [4.78, 5) is 29.1. The molecule has 0 atom stereocenters. The summed E-state index contributed by atoms with van der Waals surface area (Å²) in [6.45, 7) is 3.50. The summed E-state index contributed by atoms with van der Waals surface area (Å²) in [7, 11) is 0. The van der Waals surface area contributed by atoms with Crippen molar-refractivity contribution in [1.29, 1.82) is 0 Å². The van der Waals surface area contributed by atoms with Crippen LogP contribution in [0.1, 0.15) is 30.1 Å². The molecule has 0 saturated carbocycles. The van der Waals surface area contributed by atoms with Crippen LogP contribution in [0.2, 0.25) is 0 Å². The summed E-state index contributed by atoms with van der Waals surface area (Å²) in [5, 5.41) is 0. The molecule has 2 rings (SSSR count). The van der Waals surface area contributed by atoms with Crippen molar-refractivity contribution in [2.75, 3.05) is 19.7 Å². The smallest absolute Gasteiger partial charge is 0.340 e. The molecule has 0 radical (unpaired) electrons. The predicted molar refractivity (Wildman–Crippen MR) is 69.5 cm³/mol.